The molecular weight excluding hydrogens is 176 g/mol. The van der Waals surface area contributed by atoms with Crippen molar-refractivity contribution in [3.05, 3.63) is 0 Å². The fourth-order valence-electron chi connectivity index (χ4n) is 2.39. The molecule has 1 rings (SSSR count). The van der Waals surface area contributed by atoms with E-state index in [1.807, 2.05) is 0 Å². The van der Waals surface area contributed by atoms with Crippen LogP contribution in [-0.4, -0.2) is 5.75 Å². The molecule has 1 saturated carbocycles. The largest absolute Gasteiger partial charge is 0.179 e. The first kappa shape index (κ1) is 11.4. The smallest absolute Gasteiger partial charge is 0.00695 e. The average Bonchev–Trinajstić information content (AvgIpc) is 2.19. The van der Waals surface area contributed by atoms with Gasteiger partial charge in [-0.2, -0.15) is 12.6 Å². The highest BCUT2D eigenvalue weighted by molar-refractivity contribution is 7.80. The van der Waals surface area contributed by atoms with Gasteiger partial charge in [0.25, 0.3) is 0 Å². The Balaban J connectivity index is 2.03. The van der Waals surface area contributed by atoms with E-state index >= 15 is 0 Å². The topological polar surface area (TPSA) is 0 Å². The van der Waals surface area contributed by atoms with E-state index in [0.29, 0.717) is 0 Å². The third kappa shape index (κ3) is 4.39. The van der Waals surface area contributed by atoms with Gasteiger partial charge in [-0.1, -0.05) is 45.4 Å². The Hall–Kier alpha value is 0.350. The third-order valence-corrected chi connectivity index (χ3v) is 3.96. The molecule has 0 unspecified atom stereocenters. The zero-order chi connectivity index (χ0) is 9.52. The van der Waals surface area contributed by atoms with Crippen molar-refractivity contribution in [3.8, 4) is 0 Å². The van der Waals surface area contributed by atoms with Gasteiger partial charge in [0, 0.05) is 0 Å². The Morgan fingerprint density at radius 2 is 1.62 bits per heavy atom. The molecule has 13 heavy (non-hydrogen) atoms. The molecule has 1 aliphatic carbocycles. The van der Waals surface area contributed by atoms with Crippen LogP contribution in [0.3, 0.4) is 0 Å². The summed E-state index contributed by atoms with van der Waals surface area (Å²) in [6, 6.07) is 0. The van der Waals surface area contributed by atoms with Crippen molar-refractivity contribution in [2.45, 2.75) is 58.3 Å². The van der Waals surface area contributed by atoms with Gasteiger partial charge in [0.05, 0.1) is 0 Å². The van der Waals surface area contributed by atoms with E-state index in [1.165, 1.54) is 51.4 Å². The van der Waals surface area contributed by atoms with E-state index in [0.717, 1.165) is 17.6 Å². The minimum Gasteiger partial charge on any atom is -0.179 e. The molecular formula is C12H24S. The van der Waals surface area contributed by atoms with E-state index < -0.39 is 0 Å². The van der Waals surface area contributed by atoms with E-state index in [-0.39, 0.29) is 0 Å². The second kappa shape index (κ2) is 6.75. The second-order valence-electron chi connectivity index (χ2n) is 4.57. The Labute approximate surface area is 88.9 Å². The molecule has 0 atom stereocenters. The highest BCUT2D eigenvalue weighted by Crippen LogP contribution is 2.32. The van der Waals surface area contributed by atoms with E-state index in [1.54, 1.807) is 0 Å². The van der Waals surface area contributed by atoms with E-state index in [4.69, 9.17) is 0 Å². The molecule has 0 heterocycles. The fourth-order valence-corrected chi connectivity index (χ4v) is 2.75. The summed E-state index contributed by atoms with van der Waals surface area (Å²) in [7, 11) is 0. The summed E-state index contributed by atoms with van der Waals surface area (Å²) in [5.74, 6) is 3.11. The molecule has 0 saturated heterocycles. The van der Waals surface area contributed by atoms with Gasteiger partial charge >= 0.3 is 0 Å². The molecule has 0 aromatic rings. The molecule has 0 aliphatic heterocycles. The normalized spacial score (nSPS) is 29.1. The predicted molar refractivity (Wildman–Crippen MR) is 63.4 cm³/mol. The van der Waals surface area contributed by atoms with Gasteiger partial charge in [-0.05, 0) is 30.4 Å². The monoisotopic (exact) mass is 200 g/mol. The highest BCUT2D eigenvalue weighted by Gasteiger charge is 2.19. The lowest BCUT2D eigenvalue weighted by atomic mass is 9.80. The molecule has 0 aromatic carbocycles. The maximum atomic E-state index is 4.38. The molecule has 0 N–H and O–H groups in total. The first-order valence-electron chi connectivity index (χ1n) is 5.97. The lowest BCUT2D eigenvalue weighted by molar-refractivity contribution is 0.275. The van der Waals surface area contributed by atoms with Gasteiger partial charge in [-0.15, -0.1) is 0 Å². The van der Waals surface area contributed by atoms with E-state index in [2.05, 4.69) is 19.6 Å². The zero-order valence-corrected chi connectivity index (χ0v) is 9.86. The molecule has 1 aliphatic rings. The molecule has 0 amide bonds. The minimum atomic E-state index is 0.936. The van der Waals surface area contributed by atoms with Crippen molar-refractivity contribution in [1.29, 1.82) is 0 Å². The second-order valence-corrected chi connectivity index (χ2v) is 4.93. The Morgan fingerprint density at radius 3 is 2.15 bits per heavy atom. The summed E-state index contributed by atoms with van der Waals surface area (Å²) in [4.78, 5) is 0. The van der Waals surface area contributed by atoms with Gasteiger partial charge < -0.3 is 0 Å². The van der Waals surface area contributed by atoms with Crippen LogP contribution in [0.1, 0.15) is 58.3 Å². The maximum Gasteiger partial charge on any atom is -0.00695 e. The van der Waals surface area contributed by atoms with Crippen molar-refractivity contribution >= 4 is 12.6 Å². The fraction of sp³-hybridized carbons (Fsp3) is 1.00. The maximum absolute atomic E-state index is 4.38. The quantitative estimate of drug-likeness (QED) is 0.496. The summed E-state index contributed by atoms with van der Waals surface area (Å²) in [6.07, 6.45) is 11.6. The van der Waals surface area contributed by atoms with Crippen LogP contribution < -0.4 is 0 Å². The average molecular weight is 200 g/mol. The lowest BCUT2D eigenvalue weighted by Gasteiger charge is -2.27. The number of hydrogen-bond donors (Lipinski definition) is 1. The first-order valence-corrected chi connectivity index (χ1v) is 6.61. The molecule has 0 radical (unpaired) electrons. The molecule has 0 spiro atoms. The molecule has 0 nitrogen and oxygen atoms in total. The van der Waals surface area contributed by atoms with Gasteiger partial charge in [0.2, 0.25) is 0 Å². The summed E-state index contributed by atoms with van der Waals surface area (Å²) in [6.45, 7) is 2.29. The molecule has 0 aromatic heterocycles. The van der Waals surface area contributed by atoms with Crippen molar-refractivity contribution in [1.82, 2.24) is 0 Å². The number of unbranched alkanes of at least 4 members (excludes halogenated alkanes) is 2. The Kier molecular flexibility index (Phi) is 5.93. The minimum absolute atomic E-state index is 0.936. The number of thiol groups is 1. The van der Waals surface area contributed by atoms with Gasteiger partial charge in [-0.3, -0.25) is 0 Å². The van der Waals surface area contributed by atoms with Crippen molar-refractivity contribution in [2.75, 3.05) is 5.75 Å². The lowest BCUT2D eigenvalue weighted by Crippen LogP contribution is -2.15. The Bertz CT molecular complexity index is 112. The molecule has 1 fully saturated rings. The summed E-state index contributed by atoms with van der Waals surface area (Å²) in [5.41, 5.74) is 0. The van der Waals surface area contributed by atoms with Crippen LogP contribution in [0.4, 0.5) is 0 Å². The van der Waals surface area contributed by atoms with Crippen molar-refractivity contribution < 1.29 is 0 Å². The van der Waals surface area contributed by atoms with Gasteiger partial charge in [0.1, 0.15) is 0 Å². The third-order valence-electron chi connectivity index (χ3n) is 3.44. The zero-order valence-electron chi connectivity index (χ0n) is 8.97. The number of rotatable bonds is 5. The van der Waals surface area contributed by atoms with Crippen LogP contribution >= 0.6 is 12.6 Å². The summed E-state index contributed by atoms with van der Waals surface area (Å²) >= 11 is 4.38. The molecule has 0 bridgehead atoms. The van der Waals surface area contributed by atoms with Crippen molar-refractivity contribution in [2.24, 2.45) is 11.8 Å². The van der Waals surface area contributed by atoms with E-state index in [9.17, 15) is 0 Å². The van der Waals surface area contributed by atoms with Crippen LogP contribution in [0.15, 0.2) is 0 Å². The van der Waals surface area contributed by atoms with Crippen LogP contribution in [0.2, 0.25) is 0 Å². The Morgan fingerprint density at radius 1 is 1.00 bits per heavy atom. The van der Waals surface area contributed by atoms with Crippen molar-refractivity contribution in [3.63, 3.8) is 0 Å². The predicted octanol–water partition coefficient (Wildman–Crippen LogP) is 4.30. The SMILES string of the molecule is CCCCCC1CCC(CS)CC1. The first-order chi connectivity index (χ1) is 6.36. The van der Waals surface area contributed by atoms with Gasteiger partial charge in [0.15, 0.2) is 0 Å². The summed E-state index contributed by atoms with van der Waals surface area (Å²) < 4.78 is 0. The molecule has 78 valence electrons. The number of hydrogen-bond acceptors (Lipinski definition) is 1. The van der Waals surface area contributed by atoms with Crippen LogP contribution in [0.25, 0.3) is 0 Å². The van der Waals surface area contributed by atoms with Gasteiger partial charge in [-0.25, -0.2) is 0 Å². The summed E-state index contributed by atoms with van der Waals surface area (Å²) in [5, 5.41) is 0. The highest BCUT2D eigenvalue weighted by atomic mass is 32.1. The standard InChI is InChI=1S/C12H24S/c1-2-3-4-5-11-6-8-12(10-13)9-7-11/h11-13H,2-10H2,1H3. The van der Waals surface area contributed by atoms with Crippen LogP contribution in [0.5, 0.6) is 0 Å². The van der Waals surface area contributed by atoms with Crippen LogP contribution in [0, 0.1) is 11.8 Å². The molecule has 1 heteroatoms. The van der Waals surface area contributed by atoms with Crippen LogP contribution in [-0.2, 0) is 0 Å².